The van der Waals surface area contributed by atoms with Crippen LogP contribution in [0.1, 0.15) is 21.8 Å². The van der Waals surface area contributed by atoms with Gasteiger partial charge >= 0.3 is 0 Å². The van der Waals surface area contributed by atoms with Crippen molar-refractivity contribution in [1.82, 2.24) is 15.5 Å². The lowest BCUT2D eigenvalue weighted by Gasteiger charge is -2.08. The summed E-state index contributed by atoms with van der Waals surface area (Å²) in [5.74, 6) is 1.16. The van der Waals surface area contributed by atoms with Gasteiger partial charge in [-0.1, -0.05) is 52.3 Å². The lowest BCUT2D eigenvalue weighted by atomic mass is 10.2. The fraction of sp³-hybridized carbons (Fsp3) is 0.0870. The molecule has 0 saturated carbocycles. The third kappa shape index (κ3) is 5.12. The average molecular weight is 464 g/mol. The molecule has 0 bridgehead atoms. The highest BCUT2D eigenvalue weighted by Crippen LogP contribution is 2.21. The smallest absolute Gasteiger partial charge is 0.254 e. The van der Waals surface area contributed by atoms with Crippen molar-refractivity contribution in [3.63, 3.8) is 0 Å². The monoisotopic (exact) mass is 463 g/mol. The molecule has 1 amide bonds. The third-order valence-corrected chi connectivity index (χ3v) is 4.84. The van der Waals surface area contributed by atoms with Crippen molar-refractivity contribution >= 4 is 21.8 Å². The van der Waals surface area contributed by atoms with Crippen LogP contribution >= 0.6 is 15.9 Å². The highest BCUT2D eigenvalue weighted by Gasteiger charge is 2.11. The fourth-order valence-corrected chi connectivity index (χ4v) is 3.04. The molecule has 4 rings (SSSR count). The first-order valence-electron chi connectivity index (χ1n) is 9.31. The summed E-state index contributed by atoms with van der Waals surface area (Å²) >= 11 is 3.40. The van der Waals surface area contributed by atoms with Crippen molar-refractivity contribution in [2.24, 2.45) is 0 Å². The van der Waals surface area contributed by atoms with Gasteiger partial charge in [0.25, 0.3) is 11.8 Å². The third-order valence-electron chi connectivity index (χ3n) is 4.31. The summed E-state index contributed by atoms with van der Waals surface area (Å²) < 4.78 is 12.4. The van der Waals surface area contributed by atoms with E-state index in [1.54, 1.807) is 24.3 Å². The molecular weight excluding hydrogens is 446 g/mol. The maximum Gasteiger partial charge on any atom is 0.254 e. The Bertz CT molecular complexity index is 1130. The van der Waals surface area contributed by atoms with Gasteiger partial charge in [0.05, 0.1) is 0 Å². The number of aromatic nitrogens is 2. The predicted octanol–water partition coefficient (Wildman–Crippen LogP) is 5.01. The Morgan fingerprint density at radius 3 is 2.57 bits per heavy atom. The van der Waals surface area contributed by atoms with Crippen molar-refractivity contribution in [1.29, 1.82) is 0 Å². The maximum absolute atomic E-state index is 12.4. The summed E-state index contributed by atoms with van der Waals surface area (Å²) in [6, 6.07) is 24.3. The van der Waals surface area contributed by atoms with E-state index in [9.17, 15) is 4.79 Å². The fourth-order valence-electron chi connectivity index (χ4n) is 2.77. The molecule has 1 N–H and O–H groups in total. The van der Waals surface area contributed by atoms with E-state index in [0.29, 0.717) is 29.6 Å². The Hall–Kier alpha value is -3.45. The van der Waals surface area contributed by atoms with E-state index in [0.717, 1.165) is 15.6 Å². The Morgan fingerprint density at radius 1 is 0.967 bits per heavy atom. The van der Waals surface area contributed by atoms with Crippen molar-refractivity contribution in [2.75, 3.05) is 0 Å². The molecular formula is C23H18BrN3O3. The largest absolute Gasteiger partial charge is 0.484 e. The molecule has 3 aromatic carbocycles. The first-order valence-corrected chi connectivity index (χ1v) is 10.1. The molecule has 0 unspecified atom stereocenters. The minimum Gasteiger partial charge on any atom is -0.484 e. The van der Waals surface area contributed by atoms with Gasteiger partial charge in [-0.2, -0.15) is 0 Å². The number of nitrogens with one attached hydrogen (secondary N) is 1. The topological polar surface area (TPSA) is 77.2 Å². The summed E-state index contributed by atoms with van der Waals surface area (Å²) in [4.78, 5) is 12.4. The van der Waals surface area contributed by atoms with Crippen LogP contribution in [0.25, 0.3) is 11.5 Å². The highest BCUT2D eigenvalue weighted by atomic mass is 79.9. The molecule has 0 radical (unpaired) electrons. The van der Waals surface area contributed by atoms with Gasteiger partial charge in [0.15, 0.2) is 6.61 Å². The zero-order valence-corrected chi connectivity index (χ0v) is 17.5. The van der Waals surface area contributed by atoms with Crippen molar-refractivity contribution < 1.29 is 13.9 Å². The van der Waals surface area contributed by atoms with Crippen molar-refractivity contribution in [2.45, 2.75) is 13.2 Å². The van der Waals surface area contributed by atoms with Crippen LogP contribution in [0.5, 0.6) is 5.75 Å². The number of hydrogen-bond donors (Lipinski definition) is 1. The minimum atomic E-state index is -0.167. The van der Waals surface area contributed by atoms with E-state index >= 15 is 0 Å². The van der Waals surface area contributed by atoms with Crippen molar-refractivity contribution in [3.05, 3.63) is 100 Å². The van der Waals surface area contributed by atoms with Crippen LogP contribution in [0.2, 0.25) is 0 Å². The van der Waals surface area contributed by atoms with Crippen LogP contribution in [0.3, 0.4) is 0 Å². The molecule has 0 fully saturated rings. The molecule has 6 nitrogen and oxygen atoms in total. The Balaban J connectivity index is 1.35. The normalized spacial score (nSPS) is 10.6. The zero-order chi connectivity index (χ0) is 20.8. The number of carbonyl (C=O) groups excluding carboxylic acids is 1. The number of ether oxygens (including phenoxy) is 1. The van der Waals surface area contributed by atoms with Crippen LogP contribution in [0, 0.1) is 0 Å². The molecule has 4 aromatic rings. The lowest BCUT2D eigenvalue weighted by Crippen LogP contribution is -2.22. The van der Waals surface area contributed by atoms with Crippen LogP contribution in [-0.2, 0) is 13.2 Å². The first kappa shape index (κ1) is 19.8. The summed E-state index contributed by atoms with van der Waals surface area (Å²) in [5, 5.41) is 11.0. The first-order chi connectivity index (χ1) is 14.7. The SMILES string of the molecule is O=C(NCc1ccccc1)c1cccc(OCc2nnc(-c3ccc(Br)cc3)o2)c1. The van der Waals surface area contributed by atoms with Crippen LogP contribution in [-0.4, -0.2) is 16.1 Å². The van der Waals surface area contributed by atoms with E-state index < -0.39 is 0 Å². The standard InChI is InChI=1S/C23H18BrN3O3/c24-19-11-9-17(10-12-19)23-27-26-21(30-23)15-29-20-8-4-7-18(13-20)22(28)25-14-16-5-2-1-3-6-16/h1-13H,14-15H2,(H,25,28). The molecule has 1 heterocycles. The summed E-state index contributed by atoms with van der Waals surface area (Å²) in [7, 11) is 0. The van der Waals surface area contributed by atoms with Crippen LogP contribution in [0.15, 0.2) is 87.8 Å². The highest BCUT2D eigenvalue weighted by molar-refractivity contribution is 9.10. The predicted molar refractivity (Wildman–Crippen MR) is 116 cm³/mol. The Kier molecular flexibility index (Phi) is 6.20. The van der Waals surface area contributed by atoms with E-state index in [1.165, 1.54) is 0 Å². The summed E-state index contributed by atoms with van der Waals surface area (Å²) in [6.07, 6.45) is 0. The summed E-state index contributed by atoms with van der Waals surface area (Å²) in [5.41, 5.74) is 2.38. The molecule has 0 saturated heterocycles. The van der Waals surface area contributed by atoms with E-state index in [4.69, 9.17) is 9.15 Å². The lowest BCUT2D eigenvalue weighted by molar-refractivity contribution is 0.0950. The number of benzene rings is 3. The average Bonchev–Trinajstić information content (AvgIpc) is 3.26. The second-order valence-electron chi connectivity index (χ2n) is 6.49. The van der Waals surface area contributed by atoms with Gasteiger partial charge in [0.2, 0.25) is 5.89 Å². The van der Waals surface area contributed by atoms with Crippen LogP contribution < -0.4 is 10.1 Å². The van der Waals surface area contributed by atoms with Gasteiger partial charge in [-0.25, -0.2) is 0 Å². The van der Waals surface area contributed by atoms with Gasteiger partial charge in [-0.15, -0.1) is 10.2 Å². The molecule has 150 valence electrons. The van der Waals surface area contributed by atoms with Gasteiger partial charge in [-0.05, 0) is 48.0 Å². The number of nitrogens with zero attached hydrogens (tertiary/aromatic N) is 2. The quantitative estimate of drug-likeness (QED) is 0.416. The second kappa shape index (κ2) is 9.37. The molecule has 0 aliphatic carbocycles. The number of hydrogen-bond acceptors (Lipinski definition) is 5. The van der Waals surface area contributed by atoms with Gasteiger partial charge in [-0.3, -0.25) is 4.79 Å². The molecule has 0 aliphatic heterocycles. The van der Waals surface area contributed by atoms with Crippen molar-refractivity contribution in [3.8, 4) is 17.2 Å². The van der Waals surface area contributed by atoms with E-state index in [1.807, 2.05) is 54.6 Å². The molecule has 0 aliphatic rings. The van der Waals surface area contributed by atoms with Gasteiger partial charge in [0, 0.05) is 22.1 Å². The maximum atomic E-state index is 12.4. The summed E-state index contributed by atoms with van der Waals surface area (Å²) in [6.45, 7) is 0.574. The molecule has 0 atom stereocenters. The zero-order valence-electron chi connectivity index (χ0n) is 15.9. The van der Waals surface area contributed by atoms with E-state index in [-0.39, 0.29) is 12.5 Å². The molecule has 30 heavy (non-hydrogen) atoms. The number of carbonyl (C=O) groups is 1. The second-order valence-corrected chi connectivity index (χ2v) is 7.41. The molecule has 1 aromatic heterocycles. The Morgan fingerprint density at radius 2 is 1.77 bits per heavy atom. The number of halogens is 1. The number of amides is 1. The Labute approximate surface area is 182 Å². The van der Waals surface area contributed by atoms with Gasteiger partial charge < -0.3 is 14.5 Å². The van der Waals surface area contributed by atoms with Crippen LogP contribution in [0.4, 0.5) is 0 Å². The van der Waals surface area contributed by atoms with Gasteiger partial charge in [0.1, 0.15) is 5.75 Å². The van der Waals surface area contributed by atoms with E-state index in [2.05, 4.69) is 31.4 Å². The minimum absolute atomic E-state index is 0.110. The number of rotatable bonds is 7. The molecule has 7 heteroatoms. The molecule has 0 spiro atoms.